The van der Waals surface area contributed by atoms with Crippen molar-refractivity contribution >= 4 is 11.6 Å². The molecule has 0 saturated carbocycles. The molecule has 1 rings (SSSR count). The van der Waals surface area contributed by atoms with Crippen LogP contribution in [0.2, 0.25) is 5.02 Å². The van der Waals surface area contributed by atoms with Gasteiger partial charge in [0.15, 0.2) is 0 Å². The summed E-state index contributed by atoms with van der Waals surface area (Å²) in [5.41, 5.74) is 5.91. The van der Waals surface area contributed by atoms with Crippen molar-refractivity contribution in [1.29, 1.82) is 0 Å². The molecule has 0 aliphatic carbocycles. The van der Waals surface area contributed by atoms with Crippen molar-refractivity contribution in [1.82, 2.24) is 0 Å². The lowest BCUT2D eigenvalue weighted by molar-refractivity contribution is 0.183. The van der Waals surface area contributed by atoms with E-state index in [0.717, 1.165) is 0 Å². The smallest absolute Gasteiger partial charge is 0.142 e. The van der Waals surface area contributed by atoms with E-state index in [2.05, 4.69) is 0 Å². The van der Waals surface area contributed by atoms with Gasteiger partial charge in [-0.05, 0) is 24.1 Å². The second-order valence-corrected chi connectivity index (χ2v) is 3.25. The maximum Gasteiger partial charge on any atom is 0.142 e. The van der Waals surface area contributed by atoms with Crippen molar-refractivity contribution in [2.75, 3.05) is 6.54 Å². The zero-order chi connectivity index (χ0) is 9.84. The Hall–Kier alpha value is -0.640. The van der Waals surface area contributed by atoms with E-state index in [1.807, 2.05) is 0 Å². The molecule has 0 saturated heterocycles. The highest BCUT2D eigenvalue weighted by atomic mass is 35.5. The molecule has 0 radical (unpaired) electrons. The molecule has 0 aliphatic rings. The van der Waals surface area contributed by atoms with E-state index in [1.54, 1.807) is 6.07 Å². The van der Waals surface area contributed by atoms with E-state index in [4.69, 9.17) is 17.3 Å². The van der Waals surface area contributed by atoms with Gasteiger partial charge in [0.1, 0.15) is 5.82 Å². The van der Waals surface area contributed by atoms with Gasteiger partial charge in [-0.25, -0.2) is 4.39 Å². The van der Waals surface area contributed by atoms with Crippen molar-refractivity contribution in [2.45, 2.75) is 12.5 Å². The first-order chi connectivity index (χ1) is 6.13. The van der Waals surface area contributed by atoms with Gasteiger partial charge >= 0.3 is 0 Å². The third-order valence-electron chi connectivity index (χ3n) is 1.73. The predicted molar refractivity (Wildman–Crippen MR) is 50.2 cm³/mol. The lowest BCUT2D eigenvalue weighted by Crippen LogP contribution is -2.21. The molecule has 0 amide bonds. The third kappa shape index (κ3) is 2.95. The first-order valence-electron chi connectivity index (χ1n) is 3.95. The first kappa shape index (κ1) is 10.4. The molecular weight excluding hydrogens is 193 g/mol. The van der Waals surface area contributed by atoms with Crippen LogP contribution in [0.25, 0.3) is 0 Å². The minimum absolute atomic E-state index is 0.0889. The molecule has 0 aromatic heterocycles. The van der Waals surface area contributed by atoms with E-state index in [-0.39, 0.29) is 11.6 Å². The summed E-state index contributed by atoms with van der Waals surface area (Å²) < 4.78 is 12.9. The van der Waals surface area contributed by atoms with Gasteiger partial charge in [-0.1, -0.05) is 17.7 Å². The predicted octanol–water partition coefficient (Wildman–Crippen LogP) is 1.34. The van der Waals surface area contributed by atoms with Crippen molar-refractivity contribution < 1.29 is 9.50 Å². The molecule has 1 aromatic rings. The number of nitrogens with two attached hydrogens (primary N) is 1. The molecule has 4 heteroatoms. The number of halogens is 2. The van der Waals surface area contributed by atoms with Crippen molar-refractivity contribution in [2.24, 2.45) is 5.73 Å². The molecule has 72 valence electrons. The summed E-state index contributed by atoms with van der Waals surface area (Å²) in [6.07, 6.45) is -0.273. The summed E-state index contributed by atoms with van der Waals surface area (Å²) in [4.78, 5) is 0. The molecule has 0 fully saturated rings. The average Bonchev–Trinajstić information content (AvgIpc) is 2.11. The van der Waals surface area contributed by atoms with E-state index >= 15 is 0 Å². The van der Waals surface area contributed by atoms with E-state index in [1.165, 1.54) is 12.1 Å². The Morgan fingerprint density at radius 1 is 1.54 bits per heavy atom. The van der Waals surface area contributed by atoms with Gasteiger partial charge in [0, 0.05) is 6.54 Å². The highest BCUT2D eigenvalue weighted by Gasteiger charge is 2.05. The van der Waals surface area contributed by atoms with Crippen LogP contribution in [0.5, 0.6) is 0 Å². The van der Waals surface area contributed by atoms with Gasteiger partial charge in [-0.15, -0.1) is 0 Å². The van der Waals surface area contributed by atoms with Gasteiger partial charge in [0.2, 0.25) is 0 Å². The Bertz CT molecular complexity index is 293. The summed E-state index contributed by atoms with van der Waals surface area (Å²) in [5, 5.41) is 9.28. The highest BCUT2D eigenvalue weighted by Crippen LogP contribution is 2.16. The number of hydrogen-bond donors (Lipinski definition) is 2. The maximum atomic E-state index is 12.9. The monoisotopic (exact) mass is 203 g/mol. The van der Waals surface area contributed by atoms with Crippen LogP contribution >= 0.6 is 11.6 Å². The third-order valence-corrected chi connectivity index (χ3v) is 2.03. The Morgan fingerprint density at radius 2 is 2.23 bits per heavy atom. The fourth-order valence-corrected chi connectivity index (χ4v) is 1.14. The Kier molecular flexibility index (Phi) is 3.66. The quantitative estimate of drug-likeness (QED) is 0.779. The summed E-state index contributed by atoms with van der Waals surface area (Å²) >= 11 is 5.49. The molecular formula is C9H11ClFNO. The van der Waals surface area contributed by atoms with Gasteiger partial charge in [-0.2, -0.15) is 0 Å². The van der Waals surface area contributed by atoms with Crippen LogP contribution in [0, 0.1) is 5.82 Å². The molecule has 3 N–H and O–H groups in total. The van der Waals surface area contributed by atoms with E-state index < -0.39 is 11.9 Å². The van der Waals surface area contributed by atoms with E-state index in [9.17, 15) is 9.50 Å². The summed E-state index contributed by atoms with van der Waals surface area (Å²) in [5.74, 6) is -0.469. The zero-order valence-corrected chi connectivity index (χ0v) is 7.76. The number of rotatable bonds is 3. The molecule has 0 bridgehead atoms. The van der Waals surface area contributed by atoms with Crippen molar-refractivity contribution in [3.63, 3.8) is 0 Å². The second kappa shape index (κ2) is 4.56. The minimum atomic E-state index is -0.624. The summed E-state index contributed by atoms with van der Waals surface area (Å²) in [7, 11) is 0. The molecule has 1 atom stereocenters. The SMILES string of the molecule is NCC(O)Cc1ccc(Cl)c(F)c1. The van der Waals surface area contributed by atoms with Gasteiger partial charge in [-0.3, -0.25) is 0 Å². The van der Waals surface area contributed by atoms with Gasteiger partial charge in [0.25, 0.3) is 0 Å². The molecule has 0 aliphatic heterocycles. The number of aliphatic hydroxyl groups is 1. The minimum Gasteiger partial charge on any atom is -0.391 e. The molecule has 1 unspecified atom stereocenters. The van der Waals surface area contributed by atoms with Crippen LogP contribution in [-0.2, 0) is 6.42 Å². The standard InChI is InChI=1S/C9H11ClFNO/c10-8-2-1-6(4-9(8)11)3-7(13)5-12/h1-2,4,7,13H,3,5,12H2. The Morgan fingerprint density at radius 3 is 2.77 bits per heavy atom. The van der Waals surface area contributed by atoms with Crippen LogP contribution in [0.3, 0.4) is 0 Å². The van der Waals surface area contributed by atoms with Crippen LogP contribution < -0.4 is 5.73 Å². The van der Waals surface area contributed by atoms with Crippen LogP contribution in [0.1, 0.15) is 5.56 Å². The Labute approximate surface area is 81.1 Å². The fraction of sp³-hybridized carbons (Fsp3) is 0.333. The average molecular weight is 204 g/mol. The molecule has 0 heterocycles. The zero-order valence-electron chi connectivity index (χ0n) is 7.00. The highest BCUT2D eigenvalue weighted by molar-refractivity contribution is 6.30. The number of aliphatic hydroxyl groups excluding tert-OH is 1. The van der Waals surface area contributed by atoms with E-state index in [0.29, 0.717) is 12.0 Å². The first-order valence-corrected chi connectivity index (χ1v) is 4.33. The summed E-state index contributed by atoms with van der Waals surface area (Å²) in [6.45, 7) is 0.171. The largest absolute Gasteiger partial charge is 0.391 e. The maximum absolute atomic E-state index is 12.9. The molecule has 0 spiro atoms. The van der Waals surface area contributed by atoms with Crippen LogP contribution in [0.15, 0.2) is 18.2 Å². The molecule has 13 heavy (non-hydrogen) atoms. The topological polar surface area (TPSA) is 46.2 Å². The lowest BCUT2D eigenvalue weighted by atomic mass is 10.1. The lowest BCUT2D eigenvalue weighted by Gasteiger charge is -2.07. The number of hydrogen-bond acceptors (Lipinski definition) is 2. The van der Waals surface area contributed by atoms with Gasteiger partial charge in [0.05, 0.1) is 11.1 Å². The molecule has 2 nitrogen and oxygen atoms in total. The normalized spacial score (nSPS) is 12.9. The Balaban J connectivity index is 2.73. The summed E-state index contributed by atoms with van der Waals surface area (Å²) in [6, 6.07) is 4.45. The van der Waals surface area contributed by atoms with Crippen molar-refractivity contribution in [3.8, 4) is 0 Å². The number of benzene rings is 1. The second-order valence-electron chi connectivity index (χ2n) is 2.84. The van der Waals surface area contributed by atoms with Crippen LogP contribution in [0.4, 0.5) is 4.39 Å². The fourth-order valence-electron chi connectivity index (χ4n) is 1.02. The van der Waals surface area contributed by atoms with Crippen molar-refractivity contribution in [3.05, 3.63) is 34.6 Å². The van der Waals surface area contributed by atoms with Gasteiger partial charge < -0.3 is 10.8 Å². The van der Waals surface area contributed by atoms with Crippen LogP contribution in [-0.4, -0.2) is 17.8 Å². The molecule has 1 aromatic carbocycles.